The molecule has 11 heavy (non-hydrogen) atoms. The minimum atomic E-state index is 0.807. The highest BCUT2D eigenvalue weighted by Crippen LogP contribution is 2.22. The molecule has 2 atom stereocenters. The Morgan fingerprint density at radius 2 is 2.45 bits per heavy atom. The fourth-order valence-corrected chi connectivity index (χ4v) is 1.89. The highest BCUT2D eigenvalue weighted by atomic mass is 79.9. The SMILES string of the molecule is CC(CBr)CC1CCCOC1. The Bertz CT molecular complexity index is 99.7. The molecule has 2 heteroatoms. The van der Waals surface area contributed by atoms with Crippen LogP contribution in [0.5, 0.6) is 0 Å². The quantitative estimate of drug-likeness (QED) is 0.666. The largest absolute Gasteiger partial charge is 0.381 e. The molecule has 0 saturated carbocycles. The topological polar surface area (TPSA) is 9.23 Å². The molecule has 0 radical (unpaired) electrons. The van der Waals surface area contributed by atoms with Crippen molar-refractivity contribution in [3.63, 3.8) is 0 Å². The highest BCUT2D eigenvalue weighted by molar-refractivity contribution is 9.09. The third kappa shape index (κ3) is 3.57. The van der Waals surface area contributed by atoms with E-state index in [1.54, 1.807) is 0 Å². The Hall–Kier alpha value is 0.440. The molecule has 0 aromatic carbocycles. The van der Waals surface area contributed by atoms with Crippen LogP contribution in [0.25, 0.3) is 0 Å². The van der Waals surface area contributed by atoms with Gasteiger partial charge in [0.15, 0.2) is 0 Å². The molecule has 1 aliphatic rings. The van der Waals surface area contributed by atoms with Crippen molar-refractivity contribution in [3.8, 4) is 0 Å². The number of hydrogen-bond donors (Lipinski definition) is 0. The van der Waals surface area contributed by atoms with E-state index in [1.165, 1.54) is 19.3 Å². The first kappa shape index (κ1) is 9.53. The molecule has 2 unspecified atom stereocenters. The summed E-state index contributed by atoms with van der Waals surface area (Å²) >= 11 is 3.50. The van der Waals surface area contributed by atoms with Gasteiger partial charge in [0, 0.05) is 18.5 Å². The minimum absolute atomic E-state index is 0.807. The number of ether oxygens (including phenoxy) is 1. The normalized spacial score (nSPS) is 28.4. The van der Waals surface area contributed by atoms with Gasteiger partial charge in [-0.05, 0) is 31.1 Å². The molecular weight excluding hydrogens is 204 g/mol. The zero-order chi connectivity index (χ0) is 8.10. The summed E-state index contributed by atoms with van der Waals surface area (Å²) in [4.78, 5) is 0. The van der Waals surface area contributed by atoms with Gasteiger partial charge in [-0.2, -0.15) is 0 Å². The fourth-order valence-electron chi connectivity index (χ4n) is 1.63. The lowest BCUT2D eigenvalue weighted by molar-refractivity contribution is 0.0473. The monoisotopic (exact) mass is 220 g/mol. The first-order valence-electron chi connectivity index (χ1n) is 4.46. The van der Waals surface area contributed by atoms with E-state index < -0.39 is 0 Å². The Labute approximate surface area is 77.6 Å². The summed E-state index contributed by atoms with van der Waals surface area (Å²) < 4.78 is 5.41. The van der Waals surface area contributed by atoms with Gasteiger partial charge in [-0.1, -0.05) is 22.9 Å². The maximum atomic E-state index is 5.41. The van der Waals surface area contributed by atoms with E-state index in [4.69, 9.17) is 4.74 Å². The third-order valence-electron chi connectivity index (χ3n) is 2.25. The summed E-state index contributed by atoms with van der Waals surface area (Å²) in [6.45, 7) is 4.28. The number of halogens is 1. The molecule has 1 fully saturated rings. The lowest BCUT2D eigenvalue weighted by atomic mass is 9.92. The smallest absolute Gasteiger partial charge is 0.0494 e. The lowest BCUT2D eigenvalue weighted by Gasteiger charge is -2.23. The number of rotatable bonds is 3. The molecule has 1 saturated heterocycles. The van der Waals surface area contributed by atoms with Crippen molar-refractivity contribution in [3.05, 3.63) is 0 Å². The van der Waals surface area contributed by atoms with Gasteiger partial charge in [0.25, 0.3) is 0 Å². The van der Waals surface area contributed by atoms with Crippen molar-refractivity contribution in [2.75, 3.05) is 18.5 Å². The molecule has 0 bridgehead atoms. The van der Waals surface area contributed by atoms with Crippen molar-refractivity contribution in [2.24, 2.45) is 11.8 Å². The van der Waals surface area contributed by atoms with Gasteiger partial charge in [0.05, 0.1) is 0 Å². The molecule has 1 heterocycles. The van der Waals surface area contributed by atoms with Crippen LogP contribution in [0.15, 0.2) is 0 Å². The second-order valence-electron chi connectivity index (χ2n) is 3.58. The molecule has 0 N–H and O–H groups in total. The Kier molecular flexibility index (Phi) is 4.46. The van der Waals surface area contributed by atoms with Crippen molar-refractivity contribution >= 4 is 15.9 Å². The maximum absolute atomic E-state index is 5.41. The first-order valence-corrected chi connectivity index (χ1v) is 5.58. The third-order valence-corrected chi connectivity index (χ3v) is 3.36. The fraction of sp³-hybridized carbons (Fsp3) is 1.00. The van der Waals surface area contributed by atoms with E-state index in [2.05, 4.69) is 22.9 Å². The van der Waals surface area contributed by atoms with Crippen LogP contribution >= 0.6 is 15.9 Å². The summed E-state index contributed by atoms with van der Waals surface area (Å²) in [6, 6.07) is 0. The Morgan fingerprint density at radius 1 is 1.64 bits per heavy atom. The van der Waals surface area contributed by atoms with Gasteiger partial charge in [-0.3, -0.25) is 0 Å². The summed E-state index contributed by atoms with van der Waals surface area (Å²) in [5.41, 5.74) is 0. The predicted octanol–water partition coefficient (Wildman–Crippen LogP) is 2.83. The molecule has 1 rings (SSSR count). The zero-order valence-corrected chi connectivity index (χ0v) is 8.77. The van der Waals surface area contributed by atoms with Gasteiger partial charge in [-0.25, -0.2) is 0 Å². The molecular formula is C9H17BrO. The van der Waals surface area contributed by atoms with Gasteiger partial charge < -0.3 is 4.74 Å². The lowest BCUT2D eigenvalue weighted by Crippen LogP contribution is -2.19. The van der Waals surface area contributed by atoms with Crippen LogP contribution < -0.4 is 0 Å². The van der Waals surface area contributed by atoms with Crippen LogP contribution in [0.1, 0.15) is 26.2 Å². The van der Waals surface area contributed by atoms with Gasteiger partial charge in [-0.15, -0.1) is 0 Å². The first-order chi connectivity index (χ1) is 5.33. The van der Waals surface area contributed by atoms with Crippen LogP contribution in [-0.2, 0) is 4.74 Å². The highest BCUT2D eigenvalue weighted by Gasteiger charge is 2.15. The van der Waals surface area contributed by atoms with E-state index in [0.717, 1.165) is 30.4 Å². The van der Waals surface area contributed by atoms with E-state index in [0.29, 0.717) is 0 Å². The summed E-state index contributed by atoms with van der Waals surface area (Å²) in [5, 5.41) is 1.13. The minimum Gasteiger partial charge on any atom is -0.381 e. The van der Waals surface area contributed by atoms with Crippen molar-refractivity contribution in [1.29, 1.82) is 0 Å². The standard InChI is InChI=1S/C9H17BrO/c1-8(6-10)5-9-3-2-4-11-7-9/h8-9H,2-7H2,1H3. The van der Waals surface area contributed by atoms with Gasteiger partial charge in [0.2, 0.25) is 0 Å². The second-order valence-corrected chi connectivity index (χ2v) is 4.23. The number of alkyl halides is 1. The Balaban J connectivity index is 2.13. The molecule has 0 aromatic heterocycles. The van der Waals surface area contributed by atoms with Crippen molar-refractivity contribution in [2.45, 2.75) is 26.2 Å². The molecule has 0 aliphatic carbocycles. The van der Waals surface area contributed by atoms with Crippen LogP contribution in [0.2, 0.25) is 0 Å². The molecule has 1 aliphatic heterocycles. The van der Waals surface area contributed by atoms with E-state index >= 15 is 0 Å². The van der Waals surface area contributed by atoms with Crippen molar-refractivity contribution in [1.82, 2.24) is 0 Å². The molecule has 0 spiro atoms. The van der Waals surface area contributed by atoms with Gasteiger partial charge in [0.1, 0.15) is 0 Å². The second kappa shape index (κ2) is 5.15. The van der Waals surface area contributed by atoms with Crippen LogP contribution in [-0.4, -0.2) is 18.5 Å². The zero-order valence-electron chi connectivity index (χ0n) is 7.18. The molecule has 0 aromatic rings. The van der Waals surface area contributed by atoms with E-state index in [-0.39, 0.29) is 0 Å². The van der Waals surface area contributed by atoms with Crippen LogP contribution in [0, 0.1) is 11.8 Å². The molecule has 66 valence electrons. The maximum Gasteiger partial charge on any atom is 0.0494 e. The molecule has 1 nitrogen and oxygen atoms in total. The average Bonchev–Trinajstić information content (AvgIpc) is 2.06. The number of hydrogen-bond acceptors (Lipinski definition) is 1. The van der Waals surface area contributed by atoms with E-state index in [9.17, 15) is 0 Å². The summed E-state index contributed by atoms with van der Waals surface area (Å²) in [5.74, 6) is 1.64. The predicted molar refractivity (Wildman–Crippen MR) is 51.1 cm³/mol. The average molecular weight is 221 g/mol. The van der Waals surface area contributed by atoms with E-state index in [1.807, 2.05) is 0 Å². The molecule has 0 amide bonds. The van der Waals surface area contributed by atoms with Crippen molar-refractivity contribution < 1.29 is 4.74 Å². The summed E-state index contributed by atoms with van der Waals surface area (Å²) in [7, 11) is 0. The Morgan fingerprint density at radius 3 is 3.00 bits per heavy atom. The van der Waals surface area contributed by atoms with Crippen LogP contribution in [0.4, 0.5) is 0 Å². The van der Waals surface area contributed by atoms with Crippen LogP contribution in [0.3, 0.4) is 0 Å². The van der Waals surface area contributed by atoms with Gasteiger partial charge >= 0.3 is 0 Å². The summed E-state index contributed by atoms with van der Waals surface area (Å²) in [6.07, 6.45) is 3.96.